The van der Waals surface area contributed by atoms with Crippen LogP contribution in [0, 0.1) is 0 Å². The van der Waals surface area contributed by atoms with Gasteiger partial charge in [0.15, 0.2) is 23.0 Å². The van der Waals surface area contributed by atoms with E-state index in [0.29, 0.717) is 48.2 Å². The van der Waals surface area contributed by atoms with E-state index in [0.717, 1.165) is 16.7 Å². The number of nitrogens with one attached hydrogen (secondary N) is 1. The molecule has 1 N–H and O–H groups in total. The Labute approximate surface area is 206 Å². The molecular weight excluding hydrogens is 448 g/mol. The van der Waals surface area contributed by atoms with E-state index >= 15 is 0 Å². The number of ether oxygens (including phenoxy) is 5. The molecule has 1 unspecified atom stereocenters. The molecule has 0 aliphatic heterocycles. The number of benzene rings is 2. The lowest BCUT2D eigenvalue weighted by Crippen LogP contribution is -2.26. The van der Waals surface area contributed by atoms with Gasteiger partial charge in [-0.1, -0.05) is 12.1 Å². The summed E-state index contributed by atoms with van der Waals surface area (Å²) in [6.45, 7) is 2.34. The lowest BCUT2D eigenvalue weighted by molar-refractivity contribution is -0.121. The zero-order valence-electron chi connectivity index (χ0n) is 20.8. The van der Waals surface area contributed by atoms with E-state index in [9.17, 15) is 4.79 Å². The first kappa shape index (κ1) is 25.7. The molecule has 0 aliphatic rings. The number of amides is 1. The van der Waals surface area contributed by atoms with Gasteiger partial charge in [-0.3, -0.25) is 9.78 Å². The molecule has 8 nitrogen and oxygen atoms in total. The van der Waals surface area contributed by atoms with Crippen LogP contribution in [0.3, 0.4) is 0 Å². The molecule has 35 heavy (non-hydrogen) atoms. The highest BCUT2D eigenvalue weighted by atomic mass is 16.5. The zero-order valence-corrected chi connectivity index (χ0v) is 20.8. The third kappa shape index (κ3) is 6.56. The molecule has 0 spiro atoms. The SMILES string of the molecule is COc1cc(C(C)NC(=O)CCc2ccc(OC)c(OC)c2OC)ccc1OCc1ccncc1. The minimum atomic E-state index is -0.210. The maximum Gasteiger partial charge on any atom is 0.220 e. The number of hydrogen-bond donors (Lipinski definition) is 1. The van der Waals surface area contributed by atoms with Gasteiger partial charge in [-0.2, -0.15) is 0 Å². The van der Waals surface area contributed by atoms with Crippen molar-refractivity contribution in [3.05, 3.63) is 71.5 Å². The van der Waals surface area contributed by atoms with Crippen molar-refractivity contribution in [3.63, 3.8) is 0 Å². The Morgan fingerprint density at radius 2 is 1.54 bits per heavy atom. The van der Waals surface area contributed by atoms with Gasteiger partial charge in [0.05, 0.1) is 34.5 Å². The Morgan fingerprint density at radius 1 is 0.857 bits per heavy atom. The minimum Gasteiger partial charge on any atom is -0.493 e. The fourth-order valence-electron chi connectivity index (χ4n) is 3.72. The molecule has 0 saturated heterocycles. The number of aryl methyl sites for hydroxylation is 1. The number of nitrogens with zero attached hydrogens (tertiary/aromatic N) is 1. The van der Waals surface area contributed by atoms with Crippen LogP contribution in [0.2, 0.25) is 0 Å². The maximum absolute atomic E-state index is 12.7. The average Bonchev–Trinajstić information content (AvgIpc) is 2.90. The van der Waals surface area contributed by atoms with E-state index in [-0.39, 0.29) is 11.9 Å². The molecule has 1 atom stereocenters. The van der Waals surface area contributed by atoms with Crippen LogP contribution in [0.4, 0.5) is 0 Å². The van der Waals surface area contributed by atoms with Gasteiger partial charge in [0.2, 0.25) is 11.7 Å². The highest BCUT2D eigenvalue weighted by molar-refractivity contribution is 5.77. The molecule has 0 fully saturated rings. The molecule has 0 saturated carbocycles. The van der Waals surface area contributed by atoms with Gasteiger partial charge in [-0.15, -0.1) is 0 Å². The average molecular weight is 481 g/mol. The molecule has 3 rings (SSSR count). The molecular formula is C27H32N2O6. The van der Waals surface area contributed by atoms with Crippen LogP contribution < -0.4 is 29.0 Å². The molecule has 186 valence electrons. The summed E-state index contributed by atoms with van der Waals surface area (Å²) < 4.78 is 27.7. The maximum atomic E-state index is 12.7. The number of hydrogen-bond acceptors (Lipinski definition) is 7. The van der Waals surface area contributed by atoms with Gasteiger partial charge >= 0.3 is 0 Å². The lowest BCUT2D eigenvalue weighted by atomic mass is 10.1. The molecule has 1 heterocycles. The summed E-state index contributed by atoms with van der Waals surface area (Å²) in [5.74, 6) is 2.82. The third-order valence-electron chi connectivity index (χ3n) is 5.62. The van der Waals surface area contributed by atoms with Gasteiger partial charge in [-0.25, -0.2) is 0 Å². The Balaban J connectivity index is 1.61. The van der Waals surface area contributed by atoms with Crippen molar-refractivity contribution in [2.75, 3.05) is 28.4 Å². The normalized spacial score (nSPS) is 11.3. The Morgan fingerprint density at radius 3 is 2.20 bits per heavy atom. The molecule has 0 radical (unpaired) electrons. The van der Waals surface area contributed by atoms with Crippen LogP contribution in [-0.4, -0.2) is 39.3 Å². The van der Waals surface area contributed by atoms with Gasteiger partial charge in [-0.05, 0) is 60.4 Å². The smallest absolute Gasteiger partial charge is 0.220 e. The van der Waals surface area contributed by atoms with Crippen LogP contribution in [0.5, 0.6) is 28.7 Å². The molecule has 1 amide bonds. The van der Waals surface area contributed by atoms with Crippen LogP contribution in [0.1, 0.15) is 36.1 Å². The third-order valence-corrected chi connectivity index (χ3v) is 5.62. The first-order valence-electron chi connectivity index (χ1n) is 11.3. The number of aromatic nitrogens is 1. The summed E-state index contributed by atoms with van der Waals surface area (Å²) in [5, 5.41) is 3.04. The Hall–Kier alpha value is -3.94. The highest BCUT2D eigenvalue weighted by Gasteiger charge is 2.18. The standard InChI is InChI=1S/C27H32N2O6/c1-18(21-7-9-22(24(16-21)32-3)35-17-19-12-14-28-15-13-19)29-25(30)11-8-20-6-10-23(31-2)27(34-5)26(20)33-4/h6-7,9-10,12-16,18H,8,11,17H2,1-5H3,(H,29,30). The van der Waals surface area contributed by atoms with Gasteiger partial charge in [0.1, 0.15) is 6.61 Å². The van der Waals surface area contributed by atoms with E-state index < -0.39 is 0 Å². The van der Waals surface area contributed by atoms with Crippen molar-refractivity contribution in [1.29, 1.82) is 0 Å². The van der Waals surface area contributed by atoms with Crippen molar-refractivity contribution in [1.82, 2.24) is 10.3 Å². The van der Waals surface area contributed by atoms with Gasteiger partial charge < -0.3 is 29.0 Å². The van der Waals surface area contributed by atoms with Crippen molar-refractivity contribution in [2.45, 2.75) is 32.4 Å². The van der Waals surface area contributed by atoms with Crippen LogP contribution in [0.15, 0.2) is 54.9 Å². The fraction of sp³-hybridized carbons (Fsp3) is 0.333. The number of carbonyl (C=O) groups excluding carboxylic acids is 1. The summed E-state index contributed by atoms with van der Waals surface area (Å²) in [7, 11) is 6.29. The molecule has 0 aliphatic carbocycles. The number of methoxy groups -OCH3 is 4. The molecule has 0 bridgehead atoms. The lowest BCUT2D eigenvalue weighted by Gasteiger charge is -2.18. The van der Waals surface area contributed by atoms with Crippen molar-refractivity contribution in [3.8, 4) is 28.7 Å². The van der Waals surface area contributed by atoms with Crippen LogP contribution in [0.25, 0.3) is 0 Å². The van der Waals surface area contributed by atoms with Crippen LogP contribution >= 0.6 is 0 Å². The minimum absolute atomic E-state index is 0.0775. The topological polar surface area (TPSA) is 88.1 Å². The van der Waals surface area contributed by atoms with Gasteiger partial charge in [0, 0.05) is 18.8 Å². The molecule has 8 heteroatoms. The Kier molecular flexibility index (Phi) is 9.17. The van der Waals surface area contributed by atoms with Crippen molar-refractivity contribution in [2.24, 2.45) is 0 Å². The summed E-state index contributed by atoms with van der Waals surface area (Å²) >= 11 is 0. The number of carbonyl (C=O) groups is 1. The Bertz CT molecular complexity index is 1120. The first-order valence-corrected chi connectivity index (χ1v) is 11.3. The van der Waals surface area contributed by atoms with Crippen LogP contribution in [-0.2, 0) is 17.8 Å². The van der Waals surface area contributed by atoms with E-state index in [1.165, 1.54) is 0 Å². The van der Waals surface area contributed by atoms with Gasteiger partial charge in [0.25, 0.3) is 0 Å². The first-order chi connectivity index (χ1) is 17.0. The van der Waals surface area contributed by atoms with E-state index in [1.54, 1.807) is 40.8 Å². The van der Waals surface area contributed by atoms with E-state index in [4.69, 9.17) is 23.7 Å². The second-order valence-electron chi connectivity index (χ2n) is 7.84. The fourth-order valence-corrected chi connectivity index (χ4v) is 3.72. The summed E-state index contributed by atoms with van der Waals surface area (Å²) in [6, 6.07) is 12.9. The molecule has 1 aromatic heterocycles. The van der Waals surface area contributed by atoms with Crippen molar-refractivity contribution >= 4 is 5.91 Å². The zero-order chi connectivity index (χ0) is 25.2. The quantitative estimate of drug-likeness (QED) is 0.408. The predicted molar refractivity (Wildman–Crippen MR) is 133 cm³/mol. The monoisotopic (exact) mass is 480 g/mol. The largest absolute Gasteiger partial charge is 0.493 e. The second-order valence-corrected chi connectivity index (χ2v) is 7.84. The highest BCUT2D eigenvalue weighted by Crippen LogP contribution is 2.40. The van der Waals surface area contributed by atoms with Crippen molar-refractivity contribution < 1.29 is 28.5 Å². The summed E-state index contributed by atoms with van der Waals surface area (Å²) in [4.78, 5) is 16.7. The number of pyridine rings is 1. The summed E-state index contributed by atoms with van der Waals surface area (Å²) in [6.07, 6.45) is 4.24. The molecule has 2 aromatic carbocycles. The second kappa shape index (κ2) is 12.5. The number of rotatable bonds is 12. The van der Waals surface area contributed by atoms with E-state index in [2.05, 4.69) is 10.3 Å². The molecule has 3 aromatic rings. The van der Waals surface area contributed by atoms with E-state index in [1.807, 2.05) is 49.4 Å². The predicted octanol–water partition coefficient (Wildman–Crippen LogP) is 4.51. The summed E-state index contributed by atoms with van der Waals surface area (Å²) in [5.41, 5.74) is 2.79.